The maximum atomic E-state index is 13.2. The Morgan fingerprint density at radius 1 is 1.20 bits per heavy atom. The molecule has 2 aliphatic rings. The number of hydrogen-bond donors (Lipinski definition) is 2. The Morgan fingerprint density at radius 2 is 1.80 bits per heavy atom. The van der Waals surface area contributed by atoms with Gasteiger partial charge in [-0.25, -0.2) is 18.0 Å². The van der Waals surface area contributed by atoms with E-state index in [1.54, 1.807) is 13.8 Å². The second kappa shape index (κ2) is 10.1. The van der Waals surface area contributed by atoms with Crippen LogP contribution < -0.4 is 15.4 Å². The predicted molar refractivity (Wildman–Crippen MR) is 127 cm³/mol. The first-order valence-electron chi connectivity index (χ1n) is 11.5. The Kier molecular flexibility index (Phi) is 8.35. The van der Waals surface area contributed by atoms with E-state index >= 15 is 0 Å². The number of carbonyl (C=O) groups is 2. The number of piperidine rings is 1. The second-order valence-corrected chi connectivity index (χ2v) is 11.3. The van der Waals surface area contributed by atoms with Gasteiger partial charge in [-0.3, -0.25) is 9.59 Å². The minimum Gasteiger partial charge on any atom is -0.398 e. The van der Waals surface area contributed by atoms with Gasteiger partial charge in [0.25, 0.3) is 0 Å². The van der Waals surface area contributed by atoms with Crippen molar-refractivity contribution in [1.29, 1.82) is 0 Å². The largest absolute Gasteiger partial charge is 0.418 e. The number of amides is 2. The van der Waals surface area contributed by atoms with Crippen LogP contribution in [-0.2, 0) is 30.5 Å². The van der Waals surface area contributed by atoms with Gasteiger partial charge in [-0.2, -0.15) is 13.2 Å². The van der Waals surface area contributed by atoms with Crippen LogP contribution in [0.1, 0.15) is 53.0 Å². The molecule has 1 aromatic carbocycles. The molecule has 1 heterocycles. The average Bonchev–Trinajstić information content (AvgIpc) is 3.37. The molecule has 12 heteroatoms. The third-order valence-corrected chi connectivity index (χ3v) is 8.22. The van der Waals surface area contributed by atoms with Crippen molar-refractivity contribution >= 4 is 33.2 Å². The number of nitrogen functional groups attached to an aromatic ring is 1. The maximum Gasteiger partial charge on any atom is 0.418 e. The number of benzene rings is 1. The van der Waals surface area contributed by atoms with Crippen molar-refractivity contribution in [3.8, 4) is 0 Å². The van der Waals surface area contributed by atoms with Crippen LogP contribution in [0, 0.1) is 17.3 Å². The van der Waals surface area contributed by atoms with E-state index in [-0.39, 0.29) is 17.4 Å². The van der Waals surface area contributed by atoms with E-state index in [2.05, 4.69) is 4.72 Å². The number of nitrogens with one attached hydrogen (secondary N) is 1. The summed E-state index contributed by atoms with van der Waals surface area (Å²) in [6, 6.07) is 3.11. The van der Waals surface area contributed by atoms with Crippen molar-refractivity contribution in [2.75, 3.05) is 30.0 Å². The molecule has 198 valence electrons. The lowest BCUT2D eigenvalue weighted by Crippen LogP contribution is -2.43. The smallest absolute Gasteiger partial charge is 0.398 e. The summed E-state index contributed by atoms with van der Waals surface area (Å²) in [6.45, 7) is 9.51. The predicted octanol–water partition coefficient (Wildman–Crippen LogP) is 3.56. The molecule has 0 bridgehead atoms. The maximum absolute atomic E-state index is 13.2. The number of ether oxygens (including phenoxy) is 1. The van der Waals surface area contributed by atoms with E-state index in [4.69, 9.17) is 10.5 Å². The van der Waals surface area contributed by atoms with E-state index in [1.165, 1.54) is 13.1 Å². The van der Waals surface area contributed by atoms with Gasteiger partial charge in [0.1, 0.15) is 0 Å². The highest BCUT2D eigenvalue weighted by atomic mass is 32.2. The van der Waals surface area contributed by atoms with Gasteiger partial charge in [-0.15, -0.1) is 0 Å². The van der Waals surface area contributed by atoms with Crippen molar-refractivity contribution in [3.05, 3.63) is 23.8 Å². The summed E-state index contributed by atoms with van der Waals surface area (Å²) >= 11 is 0. The summed E-state index contributed by atoms with van der Waals surface area (Å²) in [4.78, 5) is 27.0. The van der Waals surface area contributed by atoms with Crippen LogP contribution in [-0.4, -0.2) is 45.2 Å². The first-order valence-corrected chi connectivity index (χ1v) is 13.1. The molecular weight excluding hydrogens is 487 g/mol. The lowest BCUT2D eigenvalue weighted by atomic mass is 9.87. The Hall–Kier alpha value is -2.18. The Bertz CT molecular complexity index is 1060. The molecule has 3 N–H and O–H groups in total. The molecule has 4 atom stereocenters. The summed E-state index contributed by atoms with van der Waals surface area (Å²) in [6.07, 6.45) is -3.15. The van der Waals surface area contributed by atoms with Gasteiger partial charge in [0, 0.05) is 18.2 Å². The summed E-state index contributed by atoms with van der Waals surface area (Å²) in [5.74, 6) is -1.67. The number of rotatable bonds is 8. The first kappa shape index (κ1) is 29.1. The molecule has 35 heavy (non-hydrogen) atoms. The summed E-state index contributed by atoms with van der Waals surface area (Å²) < 4.78 is 68.1. The molecular formula is C23H34F3N3O5S. The van der Waals surface area contributed by atoms with E-state index in [9.17, 15) is 31.2 Å². The van der Waals surface area contributed by atoms with E-state index in [1.807, 2.05) is 20.8 Å². The third-order valence-electron chi connectivity index (χ3n) is 6.84. The molecule has 3 unspecified atom stereocenters. The lowest BCUT2D eigenvalue weighted by Gasteiger charge is -2.33. The summed E-state index contributed by atoms with van der Waals surface area (Å²) in [7, 11) is -1.51. The Labute approximate surface area is 204 Å². The van der Waals surface area contributed by atoms with Crippen LogP contribution in [0.5, 0.6) is 0 Å². The van der Waals surface area contributed by atoms with Crippen LogP contribution in [0.4, 0.5) is 24.5 Å². The fourth-order valence-electron chi connectivity index (χ4n) is 5.11. The van der Waals surface area contributed by atoms with Gasteiger partial charge < -0.3 is 10.5 Å². The Morgan fingerprint density at radius 3 is 2.17 bits per heavy atom. The highest BCUT2D eigenvalue weighted by molar-refractivity contribution is 7.89. The second-order valence-electron chi connectivity index (χ2n) is 9.09. The summed E-state index contributed by atoms with van der Waals surface area (Å²) in [5, 5.41) is 0. The molecule has 1 aliphatic heterocycles. The van der Waals surface area contributed by atoms with Crippen molar-refractivity contribution in [2.24, 2.45) is 17.3 Å². The fourth-order valence-corrected chi connectivity index (χ4v) is 5.39. The number of anilines is 2. The van der Waals surface area contributed by atoms with Crippen LogP contribution in [0.15, 0.2) is 18.2 Å². The van der Waals surface area contributed by atoms with Crippen molar-refractivity contribution in [3.63, 3.8) is 0 Å². The number of imide groups is 1. The van der Waals surface area contributed by atoms with Gasteiger partial charge in [-0.05, 0) is 59.4 Å². The number of hydrogen-bond acceptors (Lipinski definition) is 6. The number of fused-ring (bicyclic) bond motifs is 1. The zero-order valence-electron chi connectivity index (χ0n) is 20.8. The topological polar surface area (TPSA) is 119 Å². The molecule has 1 saturated carbocycles. The molecule has 2 fully saturated rings. The normalized spacial score (nSPS) is 25.6. The highest BCUT2D eigenvalue weighted by Gasteiger charge is 2.80. The highest BCUT2D eigenvalue weighted by Crippen LogP contribution is 2.69. The van der Waals surface area contributed by atoms with Crippen molar-refractivity contribution < 1.29 is 35.9 Å². The molecule has 8 nitrogen and oxygen atoms in total. The average molecular weight is 522 g/mol. The van der Waals surface area contributed by atoms with Crippen LogP contribution >= 0.6 is 0 Å². The van der Waals surface area contributed by atoms with Crippen LogP contribution in [0.2, 0.25) is 0 Å². The number of nitrogens with two attached hydrogens (primary N) is 1. The minimum atomic E-state index is -4.67. The van der Waals surface area contributed by atoms with Crippen LogP contribution in [0.25, 0.3) is 0 Å². The van der Waals surface area contributed by atoms with E-state index in [0.29, 0.717) is 13.0 Å². The third kappa shape index (κ3) is 5.34. The van der Waals surface area contributed by atoms with Gasteiger partial charge >= 0.3 is 6.18 Å². The number of nitrogens with zero attached hydrogens (tertiary/aromatic N) is 1. The molecule has 1 aliphatic carbocycles. The SMILES string of the molecule is CCCC(C)(OCC)C1C2C(=O)N(c3ccc(N)c(C(F)(F)F)c3)C(=O)[C@]21C.CCS(=O)(=O)NC. The first-order chi connectivity index (χ1) is 16.1. The van der Waals surface area contributed by atoms with Gasteiger partial charge in [0.05, 0.1) is 33.9 Å². The molecule has 3 rings (SSSR count). The Balaban J connectivity index is 0.000000540. The number of sulfonamides is 1. The monoisotopic (exact) mass is 521 g/mol. The molecule has 0 aromatic heterocycles. The molecule has 0 spiro atoms. The molecule has 1 aromatic rings. The van der Waals surface area contributed by atoms with Crippen molar-refractivity contribution in [1.82, 2.24) is 4.72 Å². The van der Waals surface area contributed by atoms with Crippen LogP contribution in [0.3, 0.4) is 0 Å². The number of halogens is 3. The quantitative estimate of drug-likeness (QED) is 0.399. The molecule has 0 radical (unpaired) electrons. The number of alkyl halides is 3. The molecule has 1 saturated heterocycles. The van der Waals surface area contributed by atoms with Gasteiger partial charge in [-0.1, -0.05) is 13.3 Å². The fraction of sp³-hybridized carbons (Fsp3) is 0.652. The van der Waals surface area contributed by atoms with Gasteiger partial charge in [0.2, 0.25) is 21.8 Å². The van der Waals surface area contributed by atoms with Crippen molar-refractivity contribution in [2.45, 2.75) is 59.2 Å². The number of carbonyl (C=O) groups excluding carboxylic acids is 2. The minimum absolute atomic E-state index is 0.0997. The van der Waals surface area contributed by atoms with E-state index in [0.717, 1.165) is 23.5 Å². The standard InChI is InChI=1S/C20H25F3N2O3.C3H9NO2S/c1-5-9-18(3,28-6-2)15-14-16(26)25(17(27)19(14,15)4)11-7-8-13(24)12(10-11)20(21,22)23;1-3-7(5,6)4-2/h7-8,10,14-15H,5-6,9,24H2,1-4H3;4H,3H2,1-2H3/t14?,15?,18?,19-;/m1./s1. The lowest BCUT2D eigenvalue weighted by molar-refractivity contribution is -0.137. The van der Waals surface area contributed by atoms with E-state index < -0.39 is 56.2 Å². The summed E-state index contributed by atoms with van der Waals surface area (Å²) in [5.41, 5.74) is 2.23. The molecule has 2 amide bonds. The zero-order valence-corrected chi connectivity index (χ0v) is 21.6. The zero-order chi connectivity index (χ0) is 27.0. The van der Waals surface area contributed by atoms with Gasteiger partial charge in [0.15, 0.2) is 0 Å².